The first-order valence-corrected chi connectivity index (χ1v) is 9.66. The summed E-state index contributed by atoms with van der Waals surface area (Å²) in [6.45, 7) is 2.96. The summed E-state index contributed by atoms with van der Waals surface area (Å²) in [5.74, 6) is 0. The Balaban J connectivity index is 2.07. The highest BCUT2D eigenvalue weighted by atomic mass is 79.9. The molecule has 3 nitrogen and oxygen atoms in total. The molecule has 0 radical (unpaired) electrons. The maximum absolute atomic E-state index is 11.9. The first-order chi connectivity index (χ1) is 10.2. The van der Waals surface area contributed by atoms with E-state index >= 15 is 0 Å². The highest BCUT2D eigenvalue weighted by Crippen LogP contribution is 2.16. The van der Waals surface area contributed by atoms with E-state index in [1.54, 1.807) is 10.9 Å². The van der Waals surface area contributed by atoms with Crippen LogP contribution in [0.25, 0.3) is 0 Å². The van der Waals surface area contributed by atoms with E-state index in [-0.39, 0.29) is 5.56 Å². The van der Waals surface area contributed by atoms with Gasteiger partial charge in [-0.2, -0.15) is 5.10 Å². The van der Waals surface area contributed by atoms with Crippen molar-refractivity contribution in [2.24, 2.45) is 0 Å². The number of aryl methyl sites for hydroxylation is 1. The molecule has 1 rings (SSSR count). The predicted octanol–water partition coefficient (Wildman–Crippen LogP) is 5.69. The molecule has 0 unspecified atom stereocenters. The van der Waals surface area contributed by atoms with Crippen molar-refractivity contribution in [2.75, 3.05) is 0 Å². The van der Waals surface area contributed by atoms with Crippen molar-refractivity contribution in [1.29, 1.82) is 0 Å². The number of aromatic nitrogens is 2. The van der Waals surface area contributed by atoms with Gasteiger partial charge in [-0.25, -0.2) is 4.68 Å². The van der Waals surface area contributed by atoms with Crippen LogP contribution in [0.3, 0.4) is 0 Å². The van der Waals surface area contributed by atoms with Gasteiger partial charge < -0.3 is 0 Å². The molecule has 0 bridgehead atoms. The standard InChI is InChI=1S/C16H26Br2N2O/c1-2-3-4-5-6-7-8-9-10-11-12-20-16(21)15(18)14(17)13-19-20/h13H,2-12H2,1H3. The summed E-state index contributed by atoms with van der Waals surface area (Å²) in [6, 6.07) is 0. The van der Waals surface area contributed by atoms with Gasteiger partial charge in [-0.15, -0.1) is 0 Å². The minimum atomic E-state index is -0.0553. The Morgan fingerprint density at radius 1 is 0.952 bits per heavy atom. The van der Waals surface area contributed by atoms with Gasteiger partial charge in [0.2, 0.25) is 0 Å². The van der Waals surface area contributed by atoms with E-state index in [4.69, 9.17) is 0 Å². The smallest absolute Gasteiger partial charge is 0.266 e. The highest BCUT2D eigenvalue weighted by molar-refractivity contribution is 9.13. The van der Waals surface area contributed by atoms with Crippen molar-refractivity contribution in [2.45, 2.75) is 77.7 Å². The molecule has 0 atom stereocenters. The lowest BCUT2D eigenvalue weighted by molar-refractivity contribution is 0.500. The largest absolute Gasteiger partial charge is 0.282 e. The molecule has 0 saturated heterocycles. The first-order valence-electron chi connectivity index (χ1n) is 8.08. The van der Waals surface area contributed by atoms with Crippen LogP contribution < -0.4 is 5.56 Å². The Labute approximate surface area is 144 Å². The molecule has 21 heavy (non-hydrogen) atoms. The van der Waals surface area contributed by atoms with Crippen LogP contribution in [-0.2, 0) is 6.54 Å². The summed E-state index contributed by atoms with van der Waals surface area (Å²) < 4.78 is 2.82. The molecule has 0 N–H and O–H groups in total. The molecule has 1 aromatic heterocycles. The van der Waals surface area contributed by atoms with Gasteiger partial charge in [-0.3, -0.25) is 4.79 Å². The van der Waals surface area contributed by atoms with Crippen LogP contribution in [0.5, 0.6) is 0 Å². The van der Waals surface area contributed by atoms with Crippen molar-refractivity contribution >= 4 is 31.9 Å². The van der Waals surface area contributed by atoms with Gasteiger partial charge in [0.05, 0.1) is 10.7 Å². The maximum atomic E-state index is 11.9. The van der Waals surface area contributed by atoms with Crippen LogP contribution in [0.4, 0.5) is 0 Å². The van der Waals surface area contributed by atoms with Crippen molar-refractivity contribution in [3.63, 3.8) is 0 Å². The fraction of sp³-hybridized carbons (Fsp3) is 0.750. The average Bonchev–Trinajstić information content (AvgIpc) is 2.49. The van der Waals surface area contributed by atoms with E-state index in [0.29, 0.717) is 15.5 Å². The molecule has 0 spiro atoms. The molecule has 0 aliphatic carbocycles. The SMILES string of the molecule is CCCCCCCCCCCCn1ncc(Br)c(Br)c1=O. The van der Waals surface area contributed by atoms with Gasteiger partial charge in [0.1, 0.15) is 4.47 Å². The van der Waals surface area contributed by atoms with E-state index in [0.717, 1.165) is 6.42 Å². The van der Waals surface area contributed by atoms with Gasteiger partial charge in [-0.1, -0.05) is 64.7 Å². The zero-order valence-electron chi connectivity index (χ0n) is 12.9. The zero-order chi connectivity index (χ0) is 15.5. The number of rotatable bonds is 11. The number of hydrogen-bond donors (Lipinski definition) is 0. The maximum Gasteiger partial charge on any atom is 0.282 e. The van der Waals surface area contributed by atoms with E-state index in [1.807, 2.05) is 0 Å². The topological polar surface area (TPSA) is 34.9 Å². The Kier molecular flexibility index (Phi) is 10.3. The minimum absolute atomic E-state index is 0.0553. The third kappa shape index (κ3) is 7.59. The predicted molar refractivity (Wildman–Crippen MR) is 95.7 cm³/mol. The third-order valence-electron chi connectivity index (χ3n) is 3.67. The molecule has 0 saturated carbocycles. The van der Waals surface area contributed by atoms with Gasteiger partial charge in [0, 0.05) is 6.54 Å². The molecule has 120 valence electrons. The Hall–Kier alpha value is -0.160. The summed E-state index contributed by atoms with van der Waals surface area (Å²) >= 11 is 6.57. The Bertz CT molecular complexity index is 460. The monoisotopic (exact) mass is 420 g/mol. The zero-order valence-corrected chi connectivity index (χ0v) is 16.1. The molecular formula is C16H26Br2N2O. The summed E-state index contributed by atoms with van der Waals surface area (Å²) in [5.41, 5.74) is -0.0553. The third-order valence-corrected chi connectivity index (χ3v) is 5.57. The molecular weight excluding hydrogens is 396 g/mol. The van der Waals surface area contributed by atoms with Crippen LogP contribution in [0.2, 0.25) is 0 Å². The number of unbranched alkanes of at least 4 members (excludes halogenated alkanes) is 9. The Morgan fingerprint density at radius 2 is 1.48 bits per heavy atom. The van der Waals surface area contributed by atoms with Crippen LogP contribution in [-0.4, -0.2) is 9.78 Å². The lowest BCUT2D eigenvalue weighted by Crippen LogP contribution is -2.23. The minimum Gasteiger partial charge on any atom is -0.266 e. The molecule has 0 aliphatic rings. The molecule has 1 heterocycles. The van der Waals surface area contributed by atoms with E-state index in [9.17, 15) is 4.79 Å². The van der Waals surface area contributed by atoms with Gasteiger partial charge in [-0.05, 0) is 38.3 Å². The summed E-state index contributed by atoms with van der Waals surface area (Å²) in [7, 11) is 0. The quantitative estimate of drug-likeness (QED) is 0.430. The summed E-state index contributed by atoms with van der Waals surface area (Å²) in [4.78, 5) is 11.9. The molecule has 0 aromatic carbocycles. The van der Waals surface area contributed by atoms with Crippen LogP contribution >= 0.6 is 31.9 Å². The van der Waals surface area contributed by atoms with Crippen LogP contribution in [0.1, 0.15) is 71.1 Å². The molecule has 0 aliphatic heterocycles. The number of halogens is 2. The lowest BCUT2D eigenvalue weighted by Gasteiger charge is -2.06. The first kappa shape index (κ1) is 18.9. The summed E-state index contributed by atoms with van der Waals surface area (Å²) in [5, 5.41) is 4.14. The lowest BCUT2D eigenvalue weighted by atomic mass is 10.1. The highest BCUT2D eigenvalue weighted by Gasteiger charge is 2.05. The van der Waals surface area contributed by atoms with Crippen molar-refractivity contribution in [1.82, 2.24) is 9.78 Å². The summed E-state index contributed by atoms with van der Waals surface area (Å²) in [6.07, 6.45) is 14.7. The number of hydrogen-bond acceptors (Lipinski definition) is 2. The molecule has 1 aromatic rings. The van der Waals surface area contributed by atoms with Crippen molar-refractivity contribution < 1.29 is 0 Å². The second kappa shape index (κ2) is 11.4. The average molecular weight is 422 g/mol. The van der Waals surface area contributed by atoms with Gasteiger partial charge in [0.25, 0.3) is 5.56 Å². The fourth-order valence-corrected chi connectivity index (χ4v) is 2.92. The molecule has 0 amide bonds. The van der Waals surface area contributed by atoms with Crippen molar-refractivity contribution in [3.05, 3.63) is 25.5 Å². The van der Waals surface area contributed by atoms with Crippen molar-refractivity contribution in [3.8, 4) is 0 Å². The van der Waals surface area contributed by atoms with E-state index in [1.165, 1.54) is 57.8 Å². The second-order valence-electron chi connectivity index (χ2n) is 5.52. The molecule has 0 fully saturated rings. The van der Waals surface area contributed by atoms with E-state index < -0.39 is 0 Å². The number of nitrogens with zero attached hydrogens (tertiary/aromatic N) is 2. The fourth-order valence-electron chi connectivity index (χ4n) is 2.35. The molecule has 5 heteroatoms. The van der Waals surface area contributed by atoms with E-state index in [2.05, 4.69) is 43.9 Å². The van der Waals surface area contributed by atoms with Gasteiger partial charge in [0.15, 0.2) is 0 Å². The second-order valence-corrected chi connectivity index (χ2v) is 7.16. The Morgan fingerprint density at radius 3 is 2.05 bits per heavy atom. The van der Waals surface area contributed by atoms with Gasteiger partial charge >= 0.3 is 0 Å². The van der Waals surface area contributed by atoms with Crippen LogP contribution in [0, 0.1) is 0 Å². The normalized spacial score (nSPS) is 11.0. The van der Waals surface area contributed by atoms with Crippen LogP contribution in [0.15, 0.2) is 19.9 Å².